The molecule has 1 saturated heterocycles. The van der Waals surface area contributed by atoms with Crippen molar-refractivity contribution in [2.75, 3.05) is 26.7 Å². The number of nitrogens with zero attached hydrogens (tertiary/aromatic N) is 3. The number of amides is 1. The van der Waals surface area contributed by atoms with Gasteiger partial charge in [0.2, 0.25) is 5.91 Å². The van der Waals surface area contributed by atoms with E-state index in [1.54, 1.807) is 36.2 Å². The largest absolute Gasteiger partial charge is 0.349 e. The Morgan fingerprint density at radius 3 is 2.65 bits per heavy atom. The van der Waals surface area contributed by atoms with E-state index in [0.29, 0.717) is 17.3 Å². The van der Waals surface area contributed by atoms with Crippen molar-refractivity contribution in [1.29, 1.82) is 0 Å². The van der Waals surface area contributed by atoms with Crippen LogP contribution in [0.5, 0.6) is 0 Å². The molecule has 0 unspecified atom stereocenters. The summed E-state index contributed by atoms with van der Waals surface area (Å²) in [6.07, 6.45) is 2.04. The number of piperidine rings is 1. The molecule has 23 heavy (non-hydrogen) atoms. The van der Waals surface area contributed by atoms with E-state index >= 15 is 0 Å². The maximum Gasteiger partial charge on any atom is 0.285 e. The minimum absolute atomic E-state index is 0.0175. The molecule has 0 atom stereocenters. The molecule has 0 N–H and O–H groups in total. The number of likely N-dealkylation sites (N-methyl/N-ethyl adjacent to an activating group) is 1. The molecule has 3 rings (SSSR count). The molecule has 0 radical (unpaired) electrons. The zero-order chi connectivity index (χ0) is 16.6. The van der Waals surface area contributed by atoms with Gasteiger partial charge in [-0.15, -0.1) is 4.40 Å². The highest BCUT2D eigenvalue weighted by atomic mass is 32.2. The SMILES string of the molecule is CC1CCN(C(=O)CN(C)C2=NS(=O)(=O)c3ccccc32)CC1. The molecule has 0 spiro atoms. The first-order valence-electron chi connectivity index (χ1n) is 7.82. The number of sulfonamides is 1. The Balaban J connectivity index is 1.74. The molecular formula is C16H21N3O3S. The Hall–Kier alpha value is -1.89. The second kappa shape index (κ2) is 5.96. The van der Waals surface area contributed by atoms with Crippen molar-refractivity contribution >= 4 is 21.8 Å². The third-order valence-corrected chi connectivity index (χ3v) is 5.81. The molecule has 6 nitrogen and oxygen atoms in total. The van der Waals surface area contributed by atoms with Gasteiger partial charge in [0.25, 0.3) is 10.0 Å². The van der Waals surface area contributed by atoms with Crippen LogP contribution in [-0.2, 0) is 14.8 Å². The van der Waals surface area contributed by atoms with Crippen molar-refractivity contribution in [3.63, 3.8) is 0 Å². The molecule has 0 saturated carbocycles. The van der Waals surface area contributed by atoms with Crippen LogP contribution >= 0.6 is 0 Å². The highest BCUT2D eigenvalue weighted by Gasteiger charge is 2.31. The van der Waals surface area contributed by atoms with E-state index < -0.39 is 10.0 Å². The average molecular weight is 335 g/mol. The number of benzene rings is 1. The molecule has 0 aliphatic carbocycles. The molecule has 2 aliphatic heterocycles. The van der Waals surface area contributed by atoms with Crippen LogP contribution in [0.2, 0.25) is 0 Å². The lowest BCUT2D eigenvalue weighted by molar-refractivity contribution is -0.132. The molecule has 0 bridgehead atoms. The second-order valence-electron chi connectivity index (χ2n) is 6.31. The Kier molecular flexibility index (Phi) is 4.14. The summed E-state index contributed by atoms with van der Waals surface area (Å²) in [6.45, 7) is 3.88. The monoisotopic (exact) mass is 335 g/mol. The van der Waals surface area contributed by atoms with Crippen LogP contribution in [0.4, 0.5) is 0 Å². The first-order valence-corrected chi connectivity index (χ1v) is 9.26. The summed E-state index contributed by atoms with van der Waals surface area (Å²) < 4.78 is 28.0. The third-order valence-electron chi connectivity index (χ3n) is 4.48. The topological polar surface area (TPSA) is 70.1 Å². The Morgan fingerprint density at radius 1 is 1.30 bits per heavy atom. The van der Waals surface area contributed by atoms with Crippen molar-refractivity contribution in [3.05, 3.63) is 29.8 Å². The summed E-state index contributed by atoms with van der Waals surface area (Å²) in [5.41, 5.74) is 0.565. The summed E-state index contributed by atoms with van der Waals surface area (Å²) in [4.78, 5) is 16.1. The molecular weight excluding hydrogens is 314 g/mol. The number of carbonyl (C=O) groups excluding carboxylic acids is 1. The van der Waals surface area contributed by atoms with Gasteiger partial charge in [-0.05, 0) is 30.9 Å². The summed E-state index contributed by atoms with van der Waals surface area (Å²) >= 11 is 0. The Labute approximate surface area is 136 Å². The van der Waals surface area contributed by atoms with Crippen molar-refractivity contribution < 1.29 is 13.2 Å². The first-order chi connectivity index (χ1) is 10.9. The van der Waals surface area contributed by atoms with Crippen molar-refractivity contribution in [2.24, 2.45) is 10.3 Å². The number of rotatable bonds is 2. The van der Waals surface area contributed by atoms with Crippen LogP contribution in [0.1, 0.15) is 25.3 Å². The van der Waals surface area contributed by atoms with Crippen molar-refractivity contribution in [2.45, 2.75) is 24.7 Å². The number of hydrogen-bond acceptors (Lipinski definition) is 4. The maximum absolute atomic E-state index is 12.4. The lowest BCUT2D eigenvalue weighted by Crippen LogP contribution is -2.44. The van der Waals surface area contributed by atoms with Gasteiger partial charge in [-0.3, -0.25) is 4.79 Å². The van der Waals surface area contributed by atoms with E-state index in [9.17, 15) is 13.2 Å². The highest BCUT2D eigenvalue weighted by Crippen LogP contribution is 2.27. The lowest BCUT2D eigenvalue weighted by atomic mass is 9.99. The molecule has 1 aromatic rings. The Morgan fingerprint density at radius 2 is 1.96 bits per heavy atom. The van der Waals surface area contributed by atoms with Crippen LogP contribution in [0.3, 0.4) is 0 Å². The number of carbonyl (C=O) groups is 1. The minimum atomic E-state index is -3.65. The molecule has 1 amide bonds. The van der Waals surface area contributed by atoms with E-state index in [-0.39, 0.29) is 17.3 Å². The standard InChI is InChI=1S/C16H21N3O3S/c1-12-7-9-19(10-8-12)15(20)11-18(2)16-13-5-3-4-6-14(13)23(21,22)17-16/h3-6,12H,7-11H2,1-2H3. The van der Waals surface area contributed by atoms with E-state index in [1.807, 2.05) is 4.90 Å². The number of fused-ring (bicyclic) bond motifs is 1. The predicted molar refractivity (Wildman–Crippen MR) is 87.8 cm³/mol. The molecule has 1 fully saturated rings. The summed E-state index contributed by atoms with van der Waals surface area (Å²) in [6, 6.07) is 6.72. The highest BCUT2D eigenvalue weighted by molar-refractivity contribution is 7.90. The normalized spacial score (nSPS) is 20.1. The number of amidine groups is 1. The van der Waals surface area contributed by atoms with Gasteiger partial charge in [0, 0.05) is 25.7 Å². The van der Waals surface area contributed by atoms with Crippen LogP contribution in [0.25, 0.3) is 0 Å². The molecule has 1 aromatic carbocycles. The number of hydrogen-bond donors (Lipinski definition) is 0. The van der Waals surface area contributed by atoms with E-state index in [2.05, 4.69) is 11.3 Å². The predicted octanol–water partition coefficient (Wildman–Crippen LogP) is 1.33. The van der Waals surface area contributed by atoms with E-state index in [4.69, 9.17) is 0 Å². The summed E-state index contributed by atoms with van der Waals surface area (Å²) in [5, 5.41) is 0. The van der Waals surface area contributed by atoms with Crippen molar-refractivity contribution in [1.82, 2.24) is 9.80 Å². The van der Waals surface area contributed by atoms with Gasteiger partial charge in [-0.25, -0.2) is 0 Å². The molecule has 0 aromatic heterocycles. The van der Waals surface area contributed by atoms with Gasteiger partial charge >= 0.3 is 0 Å². The van der Waals surface area contributed by atoms with Crippen molar-refractivity contribution in [3.8, 4) is 0 Å². The molecule has 124 valence electrons. The quantitative estimate of drug-likeness (QED) is 0.817. The fraction of sp³-hybridized carbons (Fsp3) is 0.500. The lowest BCUT2D eigenvalue weighted by Gasteiger charge is -2.32. The average Bonchev–Trinajstić information content (AvgIpc) is 2.80. The first kappa shape index (κ1) is 16.0. The van der Waals surface area contributed by atoms with Gasteiger partial charge < -0.3 is 9.80 Å². The molecule has 2 aliphatic rings. The zero-order valence-corrected chi connectivity index (χ0v) is 14.2. The second-order valence-corrected chi connectivity index (χ2v) is 7.88. The fourth-order valence-electron chi connectivity index (χ4n) is 3.00. The third kappa shape index (κ3) is 3.10. The van der Waals surface area contributed by atoms with Crippen LogP contribution in [-0.4, -0.2) is 56.6 Å². The van der Waals surface area contributed by atoms with Gasteiger partial charge in [0.1, 0.15) is 4.90 Å². The van der Waals surface area contributed by atoms with Gasteiger partial charge in [-0.1, -0.05) is 19.1 Å². The summed E-state index contributed by atoms with van der Waals surface area (Å²) in [7, 11) is -1.94. The van der Waals surface area contributed by atoms with Gasteiger partial charge in [0.15, 0.2) is 5.84 Å². The number of likely N-dealkylation sites (tertiary alicyclic amines) is 1. The van der Waals surface area contributed by atoms with Crippen LogP contribution in [0, 0.1) is 5.92 Å². The zero-order valence-electron chi connectivity index (χ0n) is 13.4. The van der Waals surface area contributed by atoms with Gasteiger partial charge in [-0.2, -0.15) is 8.42 Å². The van der Waals surface area contributed by atoms with Crippen LogP contribution in [0.15, 0.2) is 33.6 Å². The van der Waals surface area contributed by atoms with E-state index in [0.717, 1.165) is 25.9 Å². The van der Waals surface area contributed by atoms with E-state index in [1.165, 1.54) is 0 Å². The van der Waals surface area contributed by atoms with Crippen LogP contribution < -0.4 is 0 Å². The fourth-order valence-corrected chi connectivity index (χ4v) is 4.25. The Bertz CT molecular complexity index is 750. The summed E-state index contributed by atoms with van der Waals surface area (Å²) in [5.74, 6) is 1.02. The molecule has 2 heterocycles. The maximum atomic E-state index is 12.4. The smallest absolute Gasteiger partial charge is 0.285 e. The molecule has 7 heteroatoms. The van der Waals surface area contributed by atoms with Gasteiger partial charge in [0.05, 0.1) is 6.54 Å². The minimum Gasteiger partial charge on any atom is -0.349 e.